The second-order valence-corrected chi connectivity index (χ2v) is 7.45. The number of fused-ring (bicyclic) bond motifs is 1. The zero-order chi connectivity index (χ0) is 19.2. The number of hydrogen-bond acceptors (Lipinski definition) is 5. The normalized spacial score (nSPS) is 13.5. The van der Waals surface area contributed by atoms with Crippen LogP contribution in [0.5, 0.6) is 11.5 Å². The molecular weight excluding hydrogens is 501 g/mol. The summed E-state index contributed by atoms with van der Waals surface area (Å²) in [4.78, 5) is 4.02. The summed E-state index contributed by atoms with van der Waals surface area (Å²) in [5, 5.41) is 3.56. The van der Waals surface area contributed by atoms with Crippen molar-refractivity contribution in [3.05, 3.63) is 48.0 Å². The van der Waals surface area contributed by atoms with Crippen molar-refractivity contribution in [2.24, 2.45) is 0 Å². The average molecular weight is 510 g/mol. The number of rotatable bonds is 3. The van der Waals surface area contributed by atoms with Crippen LogP contribution in [0.15, 0.2) is 41.3 Å². The second kappa shape index (κ2) is 6.86. The third-order valence-electron chi connectivity index (χ3n) is 3.67. The number of hydrogen-bond donors (Lipinski definition) is 0. The molecular formula is C16H9F4IN3O2S-. The van der Waals surface area contributed by atoms with E-state index in [1.54, 1.807) is 18.4 Å². The van der Waals surface area contributed by atoms with Crippen molar-refractivity contribution in [1.29, 1.82) is 0 Å². The minimum absolute atomic E-state index is 0.0740. The van der Waals surface area contributed by atoms with Crippen LogP contribution in [0, 0.1) is 5.82 Å². The molecule has 0 N–H and O–H groups in total. The van der Waals surface area contributed by atoms with Crippen molar-refractivity contribution in [3.8, 4) is 28.6 Å². The van der Waals surface area contributed by atoms with Gasteiger partial charge in [0.1, 0.15) is 0 Å². The summed E-state index contributed by atoms with van der Waals surface area (Å²) in [5.74, 6) is -0.964. The first kappa shape index (κ1) is 18.3. The summed E-state index contributed by atoms with van der Waals surface area (Å²) in [7, 11) is 0. The molecule has 0 unspecified atom stereocenters. The van der Waals surface area contributed by atoms with Gasteiger partial charge in [0.15, 0.2) is 0 Å². The Kier molecular flexibility index (Phi) is 4.66. The van der Waals surface area contributed by atoms with Crippen molar-refractivity contribution in [1.82, 2.24) is 14.8 Å². The molecule has 27 heavy (non-hydrogen) atoms. The van der Waals surface area contributed by atoms with Gasteiger partial charge in [0.05, 0.1) is 0 Å². The summed E-state index contributed by atoms with van der Waals surface area (Å²) in [6.45, 7) is 0. The maximum atomic E-state index is 14.2. The molecule has 142 valence electrons. The SMILES string of the molecule is CSc1ccc(-n2nc(C(F)(F)F)nc2-c2ccc3c(c2)O[I-]O3)cc1F. The summed E-state index contributed by atoms with van der Waals surface area (Å²) in [6, 6.07) is 8.80. The summed E-state index contributed by atoms with van der Waals surface area (Å²) >= 11 is 0.274. The van der Waals surface area contributed by atoms with E-state index in [1.165, 1.54) is 30.0 Å². The predicted molar refractivity (Wildman–Crippen MR) is 84.8 cm³/mol. The summed E-state index contributed by atoms with van der Waals surface area (Å²) in [6.07, 6.45) is -3.03. The van der Waals surface area contributed by atoms with Gasteiger partial charge in [-0.05, 0) is 0 Å². The van der Waals surface area contributed by atoms with Crippen molar-refractivity contribution < 1.29 is 45.7 Å². The Morgan fingerprint density at radius 1 is 1.07 bits per heavy atom. The average Bonchev–Trinajstić information content (AvgIpc) is 3.27. The molecule has 0 saturated carbocycles. The number of nitrogens with zero attached hydrogens (tertiary/aromatic N) is 3. The Morgan fingerprint density at radius 2 is 1.85 bits per heavy atom. The molecule has 0 radical (unpaired) electrons. The van der Waals surface area contributed by atoms with Crippen molar-refractivity contribution in [2.75, 3.05) is 6.26 Å². The molecule has 0 amide bonds. The molecule has 1 aromatic heterocycles. The zero-order valence-electron chi connectivity index (χ0n) is 13.4. The second-order valence-electron chi connectivity index (χ2n) is 5.37. The van der Waals surface area contributed by atoms with Crippen LogP contribution in [0.4, 0.5) is 17.6 Å². The van der Waals surface area contributed by atoms with E-state index in [0.29, 0.717) is 22.0 Å². The number of halogens is 5. The van der Waals surface area contributed by atoms with Gasteiger partial charge in [-0.1, -0.05) is 0 Å². The van der Waals surface area contributed by atoms with Crippen molar-refractivity contribution in [3.63, 3.8) is 0 Å². The maximum absolute atomic E-state index is 14.2. The molecule has 5 nitrogen and oxygen atoms in total. The van der Waals surface area contributed by atoms with E-state index in [2.05, 4.69) is 10.1 Å². The number of benzene rings is 2. The zero-order valence-corrected chi connectivity index (χ0v) is 16.4. The van der Waals surface area contributed by atoms with Gasteiger partial charge < -0.3 is 0 Å². The van der Waals surface area contributed by atoms with E-state index in [4.69, 9.17) is 6.13 Å². The van der Waals surface area contributed by atoms with Crippen molar-refractivity contribution >= 4 is 11.8 Å². The molecule has 0 atom stereocenters. The van der Waals surface area contributed by atoms with E-state index in [9.17, 15) is 17.6 Å². The van der Waals surface area contributed by atoms with E-state index >= 15 is 0 Å². The molecule has 0 saturated heterocycles. The van der Waals surface area contributed by atoms with Gasteiger partial charge in [-0.25, -0.2) is 0 Å². The fourth-order valence-corrected chi connectivity index (χ4v) is 4.08. The van der Waals surface area contributed by atoms with E-state index in [1.807, 2.05) is 0 Å². The molecule has 3 aromatic rings. The Balaban J connectivity index is 1.88. The third kappa shape index (κ3) is 3.45. The van der Waals surface area contributed by atoms with E-state index in [0.717, 1.165) is 10.7 Å². The van der Waals surface area contributed by atoms with Crippen molar-refractivity contribution in [2.45, 2.75) is 11.1 Å². The van der Waals surface area contributed by atoms with Crippen LogP contribution >= 0.6 is 11.8 Å². The van der Waals surface area contributed by atoms with Crippen LogP contribution in [-0.2, 0) is 6.18 Å². The van der Waals surface area contributed by atoms with Crippen LogP contribution in [-0.4, -0.2) is 21.0 Å². The van der Waals surface area contributed by atoms with E-state index in [-0.39, 0.29) is 11.5 Å². The molecule has 2 aromatic carbocycles. The molecule has 0 spiro atoms. The molecule has 1 aliphatic rings. The van der Waals surface area contributed by atoms with E-state index < -0.39 is 39.9 Å². The number of alkyl halides is 3. The van der Waals surface area contributed by atoms with Crippen LogP contribution < -0.4 is 28.2 Å². The van der Waals surface area contributed by atoms with Gasteiger partial charge in [-0.15, -0.1) is 0 Å². The van der Waals surface area contributed by atoms with Gasteiger partial charge in [-0.3, -0.25) is 0 Å². The first-order valence-electron chi connectivity index (χ1n) is 7.38. The fourth-order valence-electron chi connectivity index (χ4n) is 2.44. The Morgan fingerprint density at radius 3 is 2.56 bits per heavy atom. The Hall–Kier alpha value is -2.02. The molecule has 0 bridgehead atoms. The summed E-state index contributed by atoms with van der Waals surface area (Å²) < 4.78 is 65.3. The van der Waals surface area contributed by atoms with Crippen LogP contribution in [0.25, 0.3) is 17.1 Å². The quantitative estimate of drug-likeness (QED) is 0.304. The van der Waals surface area contributed by atoms with Gasteiger partial charge in [-0.2, -0.15) is 0 Å². The Bertz CT molecular complexity index is 1030. The molecule has 0 aliphatic carbocycles. The third-order valence-corrected chi connectivity index (χ3v) is 5.75. The standard InChI is InChI=1S/C16H9F4IN3O2S/c1-27-13-5-3-9(7-10(13)17)24-14(22-15(23-24)16(18,19)20)8-2-4-11-12(6-8)26-21-25-11/h2-7H,1H3/q-1. The molecule has 2 heterocycles. The molecule has 1 aliphatic heterocycles. The predicted octanol–water partition coefficient (Wildman–Crippen LogP) is 1.50. The minimum atomic E-state index is -4.74. The Labute approximate surface area is 166 Å². The van der Waals surface area contributed by atoms with Crippen LogP contribution in [0.1, 0.15) is 5.82 Å². The molecule has 0 fully saturated rings. The van der Waals surface area contributed by atoms with Gasteiger partial charge in [0.2, 0.25) is 0 Å². The molecule has 11 heteroatoms. The fraction of sp³-hybridized carbons (Fsp3) is 0.125. The first-order chi connectivity index (χ1) is 12.9. The topological polar surface area (TPSA) is 49.2 Å². The first-order valence-corrected chi connectivity index (χ1v) is 10.4. The summed E-state index contributed by atoms with van der Waals surface area (Å²) in [5.41, 5.74) is 0.481. The molecule has 4 rings (SSSR count). The van der Waals surface area contributed by atoms with Gasteiger partial charge in [0, 0.05) is 0 Å². The van der Waals surface area contributed by atoms with Crippen LogP contribution in [0.3, 0.4) is 0 Å². The van der Waals surface area contributed by atoms with Gasteiger partial charge in [0.25, 0.3) is 0 Å². The van der Waals surface area contributed by atoms with Gasteiger partial charge >= 0.3 is 166 Å². The number of thioether (sulfide) groups is 1. The number of aromatic nitrogens is 3. The monoisotopic (exact) mass is 510 g/mol. The van der Waals surface area contributed by atoms with Crippen LogP contribution in [0.2, 0.25) is 0 Å².